The van der Waals surface area contributed by atoms with E-state index in [0.29, 0.717) is 27.4 Å². The van der Waals surface area contributed by atoms with E-state index in [1.54, 1.807) is 35.9 Å². The van der Waals surface area contributed by atoms with Gasteiger partial charge in [-0.15, -0.1) is 20.4 Å². The van der Waals surface area contributed by atoms with Crippen LogP contribution in [0.25, 0.3) is 0 Å². The molecule has 0 saturated heterocycles. The first kappa shape index (κ1) is 23.7. The molecule has 10 nitrogen and oxygen atoms in total. The van der Waals surface area contributed by atoms with Crippen molar-refractivity contribution in [1.82, 2.24) is 30.3 Å². The van der Waals surface area contributed by atoms with Crippen LogP contribution in [0.1, 0.15) is 41.1 Å². The molecular weight excluding hydrogens is 450 g/mol. The average molecular weight is 476 g/mol. The molecule has 2 amide bonds. The molecule has 0 aliphatic rings. The first-order chi connectivity index (χ1) is 15.3. The molecule has 1 unspecified atom stereocenters. The van der Waals surface area contributed by atoms with Gasteiger partial charge in [-0.2, -0.15) is 0 Å². The predicted octanol–water partition coefficient (Wildman–Crippen LogP) is 2.84. The minimum absolute atomic E-state index is 0.0712. The summed E-state index contributed by atoms with van der Waals surface area (Å²) in [6.07, 6.45) is 0. The Bertz CT molecular complexity index is 1080. The lowest BCUT2D eigenvalue weighted by Crippen LogP contribution is -2.33. The molecule has 3 rings (SSSR count). The summed E-state index contributed by atoms with van der Waals surface area (Å²) >= 11 is 2.57. The summed E-state index contributed by atoms with van der Waals surface area (Å²) in [5, 5.41) is 23.8. The minimum atomic E-state index is -0.352. The summed E-state index contributed by atoms with van der Waals surface area (Å²) in [6, 6.07) is 6.55. The van der Waals surface area contributed by atoms with Gasteiger partial charge in [0.15, 0.2) is 11.0 Å². The van der Waals surface area contributed by atoms with E-state index in [0.717, 1.165) is 5.01 Å². The van der Waals surface area contributed by atoms with Gasteiger partial charge in [-0.3, -0.25) is 14.9 Å². The maximum Gasteiger partial charge on any atom is 0.251 e. The van der Waals surface area contributed by atoms with Crippen molar-refractivity contribution in [3.8, 4) is 5.75 Å². The standard InChI is InChI=1S/C20H25N7O3S2/c1-11(2)16(22-18(29)13-6-8-14(30-5)9-7-13)17-24-26-20(27(17)4)31-10-15(28)21-19-25-23-12(3)32-19/h6-9,11,16H,10H2,1-5H3,(H,22,29)(H,21,25,28). The van der Waals surface area contributed by atoms with Crippen LogP contribution in [0.15, 0.2) is 29.4 Å². The maximum absolute atomic E-state index is 12.8. The van der Waals surface area contributed by atoms with E-state index < -0.39 is 0 Å². The molecule has 0 bridgehead atoms. The first-order valence-corrected chi connectivity index (χ1v) is 11.7. The molecule has 0 spiro atoms. The minimum Gasteiger partial charge on any atom is -0.497 e. The second-order valence-electron chi connectivity index (χ2n) is 7.29. The molecule has 1 aromatic carbocycles. The second-order valence-corrected chi connectivity index (χ2v) is 9.41. The number of anilines is 1. The third-order valence-electron chi connectivity index (χ3n) is 4.56. The van der Waals surface area contributed by atoms with Crippen LogP contribution >= 0.6 is 23.1 Å². The third kappa shape index (κ3) is 5.82. The summed E-state index contributed by atoms with van der Waals surface area (Å²) in [5.41, 5.74) is 0.525. The van der Waals surface area contributed by atoms with Crippen LogP contribution in [0, 0.1) is 12.8 Å². The van der Waals surface area contributed by atoms with Crippen molar-refractivity contribution in [2.75, 3.05) is 18.2 Å². The molecule has 0 aliphatic heterocycles. The maximum atomic E-state index is 12.8. The number of benzene rings is 1. The molecule has 2 aromatic heterocycles. The summed E-state index contributed by atoms with van der Waals surface area (Å²) in [5.74, 6) is 1.10. The zero-order valence-corrected chi connectivity index (χ0v) is 20.1. The zero-order chi connectivity index (χ0) is 23.3. The van der Waals surface area contributed by atoms with Crippen LogP contribution in [0.3, 0.4) is 0 Å². The van der Waals surface area contributed by atoms with Gasteiger partial charge in [0.2, 0.25) is 11.0 Å². The Morgan fingerprint density at radius 1 is 1.16 bits per heavy atom. The van der Waals surface area contributed by atoms with Crippen molar-refractivity contribution in [2.24, 2.45) is 13.0 Å². The average Bonchev–Trinajstić information content (AvgIpc) is 3.35. The van der Waals surface area contributed by atoms with Crippen molar-refractivity contribution in [1.29, 1.82) is 0 Å². The number of ether oxygens (including phenoxy) is 1. The van der Waals surface area contributed by atoms with Gasteiger partial charge < -0.3 is 14.6 Å². The van der Waals surface area contributed by atoms with Gasteiger partial charge in [0.25, 0.3) is 5.91 Å². The predicted molar refractivity (Wildman–Crippen MR) is 123 cm³/mol. The number of rotatable bonds is 9. The largest absolute Gasteiger partial charge is 0.497 e. The Morgan fingerprint density at radius 3 is 2.47 bits per heavy atom. The zero-order valence-electron chi connectivity index (χ0n) is 18.4. The third-order valence-corrected chi connectivity index (χ3v) is 6.33. The highest BCUT2D eigenvalue weighted by Gasteiger charge is 2.25. The van der Waals surface area contributed by atoms with Gasteiger partial charge in [0, 0.05) is 12.6 Å². The summed E-state index contributed by atoms with van der Waals surface area (Å²) in [7, 11) is 3.40. The van der Waals surface area contributed by atoms with E-state index in [9.17, 15) is 9.59 Å². The topological polar surface area (TPSA) is 124 Å². The molecule has 2 heterocycles. The SMILES string of the molecule is COc1ccc(C(=O)NC(c2nnc(SCC(=O)Nc3nnc(C)s3)n2C)C(C)C)cc1. The van der Waals surface area contributed by atoms with Crippen LogP contribution in [-0.4, -0.2) is 49.6 Å². The smallest absolute Gasteiger partial charge is 0.251 e. The van der Waals surface area contributed by atoms with Crippen LogP contribution in [0.5, 0.6) is 5.75 Å². The fourth-order valence-electron chi connectivity index (χ4n) is 2.85. The molecule has 170 valence electrons. The molecule has 12 heteroatoms. The molecule has 2 N–H and O–H groups in total. The van der Waals surface area contributed by atoms with Gasteiger partial charge in [0.1, 0.15) is 10.8 Å². The summed E-state index contributed by atoms with van der Waals surface area (Å²) in [6.45, 7) is 5.82. The van der Waals surface area contributed by atoms with Crippen molar-refractivity contribution >= 4 is 40.0 Å². The molecule has 0 fully saturated rings. The highest BCUT2D eigenvalue weighted by molar-refractivity contribution is 7.99. The number of hydrogen-bond acceptors (Lipinski definition) is 9. The number of hydrogen-bond donors (Lipinski definition) is 2. The number of amides is 2. The lowest BCUT2D eigenvalue weighted by atomic mass is 10.0. The Hall–Kier alpha value is -2.99. The van der Waals surface area contributed by atoms with E-state index in [-0.39, 0.29) is 29.5 Å². The Balaban J connectivity index is 1.65. The number of aryl methyl sites for hydroxylation is 1. The molecule has 3 aromatic rings. The number of thioether (sulfide) groups is 1. The van der Waals surface area contributed by atoms with Crippen molar-refractivity contribution < 1.29 is 14.3 Å². The fraction of sp³-hybridized carbons (Fsp3) is 0.400. The number of nitrogens with one attached hydrogen (secondary N) is 2. The van der Waals surface area contributed by atoms with Gasteiger partial charge in [-0.05, 0) is 37.1 Å². The fourth-order valence-corrected chi connectivity index (χ4v) is 4.18. The number of nitrogens with zero attached hydrogens (tertiary/aromatic N) is 5. The van der Waals surface area contributed by atoms with Crippen molar-refractivity contribution in [3.63, 3.8) is 0 Å². The number of aromatic nitrogens is 5. The number of carbonyl (C=O) groups is 2. The molecule has 0 aliphatic carbocycles. The second kappa shape index (κ2) is 10.6. The quantitative estimate of drug-likeness (QED) is 0.453. The Morgan fingerprint density at radius 2 is 1.88 bits per heavy atom. The van der Waals surface area contributed by atoms with E-state index >= 15 is 0 Å². The molecule has 0 radical (unpaired) electrons. The van der Waals surface area contributed by atoms with Crippen molar-refractivity contribution in [2.45, 2.75) is 32.0 Å². The molecule has 1 atom stereocenters. The molecule has 0 saturated carbocycles. The summed E-state index contributed by atoms with van der Waals surface area (Å²) < 4.78 is 6.94. The highest BCUT2D eigenvalue weighted by atomic mass is 32.2. The normalized spacial score (nSPS) is 11.9. The van der Waals surface area contributed by atoms with Crippen LogP contribution in [0.2, 0.25) is 0 Å². The Kier molecular flexibility index (Phi) is 7.80. The lowest BCUT2D eigenvalue weighted by Gasteiger charge is -2.21. The van der Waals surface area contributed by atoms with E-state index in [1.807, 2.05) is 27.8 Å². The van der Waals surface area contributed by atoms with Gasteiger partial charge in [-0.1, -0.05) is 36.9 Å². The summed E-state index contributed by atoms with van der Waals surface area (Å²) in [4.78, 5) is 25.0. The molecule has 32 heavy (non-hydrogen) atoms. The Labute approximate surface area is 194 Å². The van der Waals surface area contributed by atoms with Gasteiger partial charge in [-0.25, -0.2) is 0 Å². The van der Waals surface area contributed by atoms with E-state index in [1.165, 1.54) is 23.1 Å². The number of carbonyl (C=O) groups excluding carboxylic acids is 2. The van der Waals surface area contributed by atoms with Crippen LogP contribution < -0.4 is 15.4 Å². The monoisotopic (exact) mass is 475 g/mol. The highest BCUT2D eigenvalue weighted by Crippen LogP contribution is 2.25. The van der Waals surface area contributed by atoms with Crippen LogP contribution in [0.4, 0.5) is 5.13 Å². The molecular formula is C20H25N7O3S2. The van der Waals surface area contributed by atoms with Crippen LogP contribution in [-0.2, 0) is 11.8 Å². The van der Waals surface area contributed by atoms with Gasteiger partial charge >= 0.3 is 0 Å². The first-order valence-electron chi connectivity index (χ1n) is 9.85. The lowest BCUT2D eigenvalue weighted by molar-refractivity contribution is -0.113. The van der Waals surface area contributed by atoms with Gasteiger partial charge in [0.05, 0.1) is 18.9 Å². The van der Waals surface area contributed by atoms with E-state index in [4.69, 9.17) is 4.74 Å². The van der Waals surface area contributed by atoms with Crippen molar-refractivity contribution in [3.05, 3.63) is 40.7 Å². The van der Waals surface area contributed by atoms with E-state index in [2.05, 4.69) is 31.0 Å². The number of methoxy groups -OCH3 is 1.